The molecule has 2 aromatic heterocycles. The van der Waals surface area contributed by atoms with Crippen LogP contribution in [-0.4, -0.2) is 33.5 Å². The Morgan fingerprint density at radius 3 is 2.69 bits per heavy atom. The van der Waals surface area contributed by atoms with Gasteiger partial charge in [0, 0.05) is 23.5 Å². The van der Waals surface area contributed by atoms with Crippen molar-refractivity contribution in [2.24, 2.45) is 0 Å². The van der Waals surface area contributed by atoms with E-state index in [9.17, 15) is 0 Å². The third kappa shape index (κ3) is 3.90. The van der Waals surface area contributed by atoms with Gasteiger partial charge in [-0.3, -0.25) is 4.90 Å². The SMILES string of the molecule is CCN(Cc1ccccc1)C1CCC(Nc2ncnc3sc4c(c23)CCC4)CC1. The van der Waals surface area contributed by atoms with Gasteiger partial charge in [0.1, 0.15) is 17.0 Å². The summed E-state index contributed by atoms with van der Waals surface area (Å²) in [5.41, 5.74) is 2.94. The van der Waals surface area contributed by atoms with E-state index < -0.39 is 0 Å². The molecule has 1 aromatic carbocycles. The van der Waals surface area contributed by atoms with Gasteiger partial charge in [0.05, 0.1) is 5.39 Å². The second-order valence-electron chi connectivity index (χ2n) is 8.46. The number of hydrogen-bond acceptors (Lipinski definition) is 5. The zero-order valence-corrected chi connectivity index (χ0v) is 18.0. The van der Waals surface area contributed by atoms with Crippen LogP contribution in [0.3, 0.4) is 0 Å². The van der Waals surface area contributed by atoms with Crippen LogP contribution in [0.5, 0.6) is 0 Å². The van der Waals surface area contributed by atoms with Gasteiger partial charge < -0.3 is 5.32 Å². The van der Waals surface area contributed by atoms with Crippen molar-refractivity contribution in [2.75, 3.05) is 11.9 Å². The lowest BCUT2D eigenvalue weighted by Crippen LogP contribution is -2.40. The van der Waals surface area contributed by atoms with Crippen LogP contribution < -0.4 is 5.32 Å². The molecule has 2 aliphatic rings. The first-order valence-electron chi connectivity index (χ1n) is 11.1. The summed E-state index contributed by atoms with van der Waals surface area (Å²) in [5, 5.41) is 5.12. The van der Waals surface area contributed by atoms with Crippen molar-refractivity contribution in [1.82, 2.24) is 14.9 Å². The van der Waals surface area contributed by atoms with Crippen molar-refractivity contribution in [1.29, 1.82) is 0 Å². The molecule has 4 nitrogen and oxygen atoms in total. The van der Waals surface area contributed by atoms with Crippen molar-refractivity contribution in [3.8, 4) is 0 Å². The minimum atomic E-state index is 0.525. The molecule has 5 rings (SSSR count). The molecule has 1 N–H and O–H groups in total. The molecule has 0 radical (unpaired) electrons. The van der Waals surface area contributed by atoms with Crippen molar-refractivity contribution in [3.63, 3.8) is 0 Å². The Morgan fingerprint density at radius 1 is 1.07 bits per heavy atom. The summed E-state index contributed by atoms with van der Waals surface area (Å²) in [5.74, 6) is 1.08. The molecular weight excluding hydrogens is 376 g/mol. The summed E-state index contributed by atoms with van der Waals surface area (Å²) < 4.78 is 0. The molecule has 1 fully saturated rings. The molecule has 0 saturated heterocycles. The van der Waals surface area contributed by atoms with E-state index >= 15 is 0 Å². The molecule has 3 aromatic rings. The van der Waals surface area contributed by atoms with Crippen LogP contribution >= 0.6 is 11.3 Å². The fraction of sp³-hybridized carbons (Fsp3) is 0.500. The first-order valence-corrected chi connectivity index (χ1v) is 11.9. The first kappa shape index (κ1) is 19.0. The molecule has 152 valence electrons. The quantitative estimate of drug-likeness (QED) is 0.593. The van der Waals surface area contributed by atoms with Gasteiger partial charge in [0.25, 0.3) is 0 Å². The molecule has 0 aliphatic heterocycles. The van der Waals surface area contributed by atoms with Crippen molar-refractivity contribution >= 4 is 27.4 Å². The second-order valence-corrected chi connectivity index (χ2v) is 9.54. The molecule has 0 spiro atoms. The molecule has 0 amide bonds. The molecule has 0 bridgehead atoms. The predicted octanol–water partition coefficient (Wildman–Crippen LogP) is 5.43. The van der Waals surface area contributed by atoms with Crippen LogP contribution in [-0.2, 0) is 19.4 Å². The minimum absolute atomic E-state index is 0.525. The monoisotopic (exact) mass is 406 g/mol. The van der Waals surface area contributed by atoms with E-state index in [0.717, 1.165) is 18.9 Å². The molecular formula is C24H30N4S. The number of thiophene rings is 1. The fourth-order valence-corrected chi connectivity index (χ4v) is 6.36. The topological polar surface area (TPSA) is 41.0 Å². The van der Waals surface area contributed by atoms with E-state index in [4.69, 9.17) is 0 Å². The molecule has 2 aliphatic carbocycles. The number of aryl methyl sites for hydroxylation is 2. The standard InChI is InChI=1S/C24H30N4S/c1-2-28(15-17-7-4-3-5-8-17)19-13-11-18(12-14-19)27-23-22-20-9-6-10-21(20)29-24(22)26-16-25-23/h3-5,7-8,16,18-19H,2,6,9-15H2,1H3,(H,25,26,27). The maximum atomic E-state index is 4.65. The van der Waals surface area contributed by atoms with Crippen LogP contribution in [0.25, 0.3) is 10.2 Å². The van der Waals surface area contributed by atoms with Gasteiger partial charge in [-0.2, -0.15) is 0 Å². The maximum absolute atomic E-state index is 4.65. The highest BCUT2D eigenvalue weighted by Crippen LogP contribution is 2.39. The lowest BCUT2D eigenvalue weighted by molar-refractivity contribution is 0.152. The van der Waals surface area contributed by atoms with E-state index in [1.807, 2.05) is 11.3 Å². The summed E-state index contributed by atoms with van der Waals surface area (Å²) >= 11 is 1.87. The van der Waals surface area contributed by atoms with Crippen LogP contribution in [0.2, 0.25) is 0 Å². The number of anilines is 1. The van der Waals surface area contributed by atoms with Crippen LogP contribution in [0.4, 0.5) is 5.82 Å². The molecule has 0 unspecified atom stereocenters. The van der Waals surface area contributed by atoms with Crippen molar-refractivity contribution in [2.45, 2.75) is 70.5 Å². The van der Waals surface area contributed by atoms with Crippen LogP contribution in [0.15, 0.2) is 36.7 Å². The Hall–Kier alpha value is -1.98. The summed E-state index contributed by atoms with van der Waals surface area (Å²) in [7, 11) is 0. The molecule has 1 saturated carbocycles. The van der Waals surface area contributed by atoms with Crippen molar-refractivity contribution < 1.29 is 0 Å². The second kappa shape index (κ2) is 8.41. The van der Waals surface area contributed by atoms with E-state index in [0.29, 0.717) is 12.1 Å². The summed E-state index contributed by atoms with van der Waals surface area (Å²) in [6.45, 7) is 4.47. The zero-order valence-electron chi connectivity index (χ0n) is 17.2. The minimum Gasteiger partial charge on any atom is -0.367 e. The summed E-state index contributed by atoms with van der Waals surface area (Å²) in [6.07, 6.45) is 10.4. The Kier molecular flexibility index (Phi) is 5.51. The summed E-state index contributed by atoms with van der Waals surface area (Å²) in [6, 6.07) is 12.1. The molecule has 5 heteroatoms. The highest BCUT2D eigenvalue weighted by atomic mass is 32.1. The smallest absolute Gasteiger partial charge is 0.138 e. The lowest BCUT2D eigenvalue weighted by atomic mass is 9.89. The Balaban J connectivity index is 1.24. The van der Waals surface area contributed by atoms with Gasteiger partial charge >= 0.3 is 0 Å². The first-order chi connectivity index (χ1) is 14.3. The fourth-order valence-electron chi connectivity index (χ4n) is 5.13. The number of nitrogens with one attached hydrogen (secondary N) is 1. The van der Waals surface area contributed by atoms with Gasteiger partial charge in [-0.05, 0) is 62.6 Å². The number of benzene rings is 1. The van der Waals surface area contributed by atoms with Gasteiger partial charge in [0.15, 0.2) is 0 Å². The number of rotatable bonds is 6. The van der Waals surface area contributed by atoms with Gasteiger partial charge in [0.2, 0.25) is 0 Å². The average Bonchev–Trinajstić information content (AvgIpc) is 3.35. The van der Waals surface area contributed by atoms with Gasteiger partial charge in [-0.15, -0.1) is 11.3 Å². The molecule has 29 heavy (non-hydrogen) atoms. The van der Waals surface area contributed by atoms with Crippen LogP contribution in [0, 0.1) is 0 Å². The van der Waals surface area contributed by atoms with E-state index in [1.165, 1.54) is 71.2 Å². The largest absolute Gasteiger partial charge is 0.367 e. The number of aromatic nitrogens is 2. The Bertz CT molecular complexity index is 960. The van der Waals surface area contributed by atoms with E-state index in [-0.39, 0.29) is 0 Å². The average molecular weight is 407 g/mol. The third-order valence-electron chi connectivity index (χ3n) is 6.69. The number of hydrogen-bond donors (Lipinski definition) is 1. The zero-order chi connectivity index (χ0) is 19.6. The predicted molar refractivity (Wildman–Crippen MR) is 122 cm³/mol. The van der Waals surface area contributed by atoms with E-state index in [2.05, 4.69) is 57.4 Å². The van der Waals surface area contributed by atoms with Gasteiger partial charge in [-0.25, -0.2) is 9.97 Å². The lowest BCUT2D eigenvalue weighted by Gasteiger charge is -2.37. The summed E-state index contributed by atoms with van der Waals surface area (Å²) in [4.78, 5) is 14.6. The number of fused-ring (bicyclic) bond motifs is 3. The highest BCUT2D eigenvalue weighted by Gasteiger charge is 2.27. The normalized spacial score (nSPS) is 21.6. The third-order valence-corrected chi connectivity index (χ3v) is 7.89. The van der Waals surface area contributed by atoms with Crippen molar-refractivity contribution in [3.05, 3.63) is 52.7 Å². The Morgan fingerprint density at radius 2 is 1.90 bits per heavy atom. The number of nitrogens with zero attached hydrogens (tertiary/aromatic N) is 3. The van der Waals surface area contributed by atoms with Crippen LogP contribution in [0.1, 0.15) is 55.0 Å². The highest BCUT2D eigenvalue weighted by molar-refractivity contribution is 7.19. The molecule has 2 heterocycles. The van der Waals surface area contributed by atoms with E-state index in [1.54, 1.807) is 6.33 Å². The molecule has 0 atom stereocenters. The van der Waals surface area contributed by atoms with Gasteiger partial charge in [-0.1, -0.05) is 37.3 Å². The maximum Gasteiger partial charge on any atom is 0.138 e. The Labute approximate surface area is 177 Å².